The molecule has 1 aliphatic rings. The van der Waals surface area contributed by atoms with Gasteiger partial charge < -0.3 is 14.5 Å². The minimum absolute atomic E-state index is 0.00490. The van der Waals surface area contributed by atoms with Crippen LogP contribution in [-0.2, 0) is 7.05 Å². The maximum atomic E-state index is 13.4. The first kappa shape index (κ1) is 20.8. The Morgan fingerprint density at radius 2 is 2.10 bits per heavy atom. The molecule has 0 radical (unpaired) electrons. The molecule has 31 heavy (non-hydrogen) atoms. The molecule has 2 aromatic heterocycles. The zero-order valence-electron chi connectivity index (χ0n) is 18.7. The first-order chi connectivity index (χ1) is 14.9. The molecule has 0 bridgehead atoms. The monoisotopic (exact) mass is 420 g/mol. The lowest BCUT2D eigenvalue weighted by molar-refractivity contribution is 0.0732. The van der Waals surface area contributed by atoms with E-state index in [1.165, 1.54) is 0 Å². The summed E-state index contributed by atoms with van der Waals surface area (Å²) in [6, 6.07) is 7.73. The van der Waals surface area contributed by atoms with E-state index in [-0.39, 0.29) is 11.9 Å². The van der Waals surface area contributed by atoms with Crippen molar-refractivity contribution in [2.24, 2.45) is 7.05 Å². The van der Waals surface area contributed by atoms with Crippen molar-refractivity contribution < 1.29 is 9.53 Å². The van der Waals surface area contributed by atoms with Gasteiger partial charge in [0.25, 0.3) is 5.91 Å². The molecular formula is C23H28N6O2. The predicted molar refractivity (Wildman–Crippen MR) is 119 cm³/mol. The number of anilines is 1. The number of hydrogen-bond acceptors (Lipinski definition) is 6. The van der Waals surface area contributed by atoms with Crippen molar-refractivity contribution in [1.82, 2.24) is 24.6 Å². The molecule has 3 aromatic rings. The number of carbonyl (C=O) groups is 1. The van der Waals surface area contributed by atoms with E-state index in [0.29, 0.717) is 18.1 Å². The number of nitrogens with zero attached hydrogens (tertiary/aromatic N) is 6. The van der Waals surface area contributed by atoms with Crippen molar-refractivity contribution in [1.29, 1.82) is 0 Å². The van der Waals surface area contributed by atoms with Crippen molar-refractivity contribution in [2.45, 2.75) is 25.8 Å². The zero-order valence-corrected chi connectivity index (χ0v) is 18.7. The van der Waals surface area contributed by atoms with Crippen LogP contribution in [0.25, 0.3) is 11.1 Å². The fourth-order valence-corrected chi connectivity index (χ4v) is 4.13. The number of carbonyl (C=O) groups excluding carboxylic acids is 1. The highest BCUT2D eigenvalue weighted by atomic mass is 16.5. The second-order valence-corrected chi connectivity index (χ2v) is 8.05. The molecule has 162 valence electrons. The van der Waals surface area contributed by atoms with E-state index in [9.17, 15) is 4.79 Å². The summed E-state index contributed by atoms with van der Waals surface area (Å²) in [7, 11) is 7.32. The Balaban J connectivity index is 1.80. The SMILES string of the molecule is COc1cccc(-c2cnc(N(C)C)nc2C2CCCN2C(=O)c2cn(C)nc2C)c1. The highest BCUT2D eigenvalue weighted by Gasteiger charge is 2.35. The largest absolute Gasteiger partial charge is 0.497 e. The number of aryl methyl sites for hydroxylation is 2. The molecule has 1 aliphatic heterocycles. The molecule has 1 atom stereocenters. The summed E-state index contributed by atoms with van der Waals surface area (Å²) >= 11 is 0. The minimum Gasteiger partial charge on any atom is -0.497 e. The molecule has 1 unspecified atom stereocenters. The van der Waals surface area contributed by atoms with E-state index in [1.807, 2.05) is 68.3 Å². The topological polar surface area (TPSA) is 76.4 Å². The zero-order chi connectivity index (χ0) is 22.1. The molecule has 4 rings (SSSR count). The van der Waals surface area contributed by atoms with Gasteiger partial charge in [-0.15, -0.1) is 0 Å². The van der Waals surface area contributed by atoms with Gasteiger partial charge in [-0.2, -0.15) is 5.10 Å². The molecule has 8 nitrogen and oxygen atoms in total. The van der Waals surface area contributed by atoms with Crippen LogP contribution in [0.4, 0.5) is 5.95 Å². The van der Waals surface area contributed by atoms with E-state index < -0.39 is 0 Å². The first-order valence-electron chi connectivity index (χ1n) is 10.4. The Labute approximate surface area is 182 Å². The first-order valence-corrected chi connectivity index (χ1v) is 10.4. The maximum Gasteiger partial charge on any atom is 0.257 e. The van der Waals surface area contributed by atoms with E-state index in [1.54, 1.807) is 18.0 Å². The summed E-state index contributed by atoms with van der Waals surface area (Å²) in [5, 5.41) is 4.35. The summed E-state index contributed by atoms with van der Waals surface area (Å²) in [5.41, 5.74) is 4.12. The lowest BCUT2D eigenvalue weighted by atomic mass is 9.99. The van der Waals surface area contributed by atoms with Crippen LogP contribution in [0.15, 0.2) is 36.7 Å². The average Bonchev–Trinajstić information content (AvgIpc) is 3.39. The fraction of sp³-hybridized carbons (Fsp3) is 0.391. The lowest BCUT2D eigenvalue weighted by Crippen LogP contribution is -2.32. The van der Waals surface area contributed by atoms with E-state index in [4.69, 9.17) is 9.72 Å². The van der Waals surface area contributed by atoms with Gasteiger partial charge in [-0.3, -0.25) is 9.48 Å². The summed E-state index contributed by atoms with van der Waals surface area (Å²) in [6.07, 6.45) is 5.42. The summed E-state index contributed by atoms with van der Waals surface area (Å²) in [4.78, 5) is 26.7. The second-order valence-electron chi connectivity index (χ2n) is 8.05. The molecule has 3 heterocycles. The molecule has 0 saturated carbocycles. The number of rotatable bonds is 5. The number of hydrogen-bond donors (Lipinski definition) is 0. The van der Waals surface area contributed by atoms with Crippen LogP contribution in [0, 0.1) is 6.92 Å². The van der Waals surface area contributed by atoms with E-state index in [2.05, 4.69) is 10.1 Å². The van der Waals surface area contributed by atoms with Gasteiger partial charge in [-0.1, -0.05) is 12.1 Å². The molecule has 1 aromatic carbocycles. The number of benzene rings is 1. The summed E-state index contributed by atoms with van der Waals surface area (Å²) in [5.74, 6) is 1.39. The molecule has 0 N–H and O–H groups in total. The van der Waals surface area contributed by atoms with Crippen LogP contribution >= 0.6 is 0 Å². The molecule has 0 spiro atoms. The number of amides is 1. The van der Waals surface area contributed by atoms with Gasteiger partial charge in [-0.05, 0) is 37.5 Å². The third kappa shape index (κ3) is 3.97. The van der Waals surface area contributed by atoms with Gasteiger partial charge in [0.1, 0.15) is 5.75 Å². The van der Waals surface area contributed by atoms with Crippen molar-refractivity contribution in [3.63, 3.8) is 0 Å². The van der Waals surface area contributed by atoms with Gasteiger partial charge in [0, 0.05) is 45.6 Å². The highest BCUT2D eigenvalue weighted by molar-refractivity contribution is 5.95. The number of aromatic nitrogens is 4. The van der Waals surface area contributed by atoms with Gasteiger partial charge in [0.2, 0.25) is 5.95 Å². The normalized spacial score (nSPS) is 15.9. The van der Waals surface area contributed by atoms with Crippen molar-refractivity contribution in [3.8, 4) is 16.9 Å². The van der Waals surface area contributed by atoms with Crippen molar-refractivity contribution in [3.05, 3.63) is 53.6 Å². The number of methoxy groups -OCH3 is 1. The van der Waals surface area contributed by atoms with Crippen LogP contribution in [0.5, 0.6) is 5.75 Å². The Kier molecular flexibility index (Phi) is 5.63. The molecule has 1 amide bonds. The predicted octanol–water partition coefficient (Wildman–Crippen LogP) is 3.24. The Morgan fingerprint density at radius 3 is 2.77 bits per heavy atom. The van der Waals surface area contributed by atoms with Gasteiger partial charge >= 0.3 is 0 Å². The van der Waals surface area contributed by atoms with Gasteiger partial charge in [-0.25, -0.2) is 9.97 Å². The smallest absolute Gasteiger partial charge is 0.257 e. The van der Waals surface area contributed by atoms with E-state index in [0.717, 1.165) is 41.1 Å². The average molecular weight is 421 g/mol. The van der Waals surface area contributed by atoms with E-state index >= 15 is 0 Å². The Bertz CT molecular complexity index is 1110. The third-order valence-electron chi connectivity index (χ3n) is 5.66. The molecule has 1 fully saturated rings. The molecular weight excluding hydrogens is 392 g/mol. The fourth-order valence-electron chi connectivity index (χ4n) is 4.13. The summed E-state index contributed by atoms with van der Waals surface area (Å²) in [6.45, 7) is 2.56. The highest BCUT2D eigenvalue weighted by Crippen LogP contribution is 2.38. The van der Waals surface area contributed by atoms with Crippen LogP contribution in [-0.4, -0.2) is 58.3 Å². The Hall–Kier alpha value is -3.42. The number of ether oxygens (including phenoxy) is 1. The maximum absolute atomic E-state index is 13.4. The molecule has 8 heteroatoms. The van der Waals surface area contributed by atoms with Gasteiger partial charge in [0.15, 0.2) is 0 Å². The summed E-state index contributed by atoms with van der Waals surface area (Å²) < 4.78 is 7.10. The van der Waals surface area contributed by atoms with Crippen molar-refractivity contribution in [2.75, 3.05) is 32.6 Å². The van der Waals surface area contributed by atoms with Crippen LogP contribution in [0.3, 0.4) is 0 Å². The van der Waals surface area contributed by atoms with Crippen molar-refractivity contribution >= 4 is 11.9 Å². The lowest BCUT2D eigenvalue weighted by Gasteiger charge is -2.26. The molecule has 0 aliphatic carbocycles. The standard InChI is InChI=1S/C23H28N6O2/c1-15-19(14-28(4)26-15)22(30)29-11-7-10-20(29)21-18(13-24-23(25-21)27(2)3)16-8-6-9-17(12-16)31-5/h6,8-9,12-14,20H,7,10-11H2,1-5H3. The quantitative estimate of drug-likeness (QED) is 0.631. The van der Waals surface area contributed by atoms with Gasteiger partial charge in [0.05, 0.1) is 30.1 Å². The second kappa shape index (κ2) is 8.37. The minimum atomic E-state index is -0.130. The van der Waals surface area contributed by atoms with Crippen LogP contribution in [0.1, 0.15) is 40.6 Å². The number of likely N-dealkylation sites (tertiary alicyclic amines) is 1. The van der Waals surface area contributed by atoms with Crippen LogP contribution < -0.4 is 9.64 Å². The molecule has 1 saturated heterocycles. The Morgan fingerprint density at radius 1 is 1.29 bits per heavy atom. The van der Waals surface area contributed by atoms with Crippen LogP contribution in [0.2, 0.25) is 0 Å². The third-order valence-corrected chi connectivity index (χ3v) is 5.66.